The molecule has 0 unspecified atom stereocenters. The first kappa shape index (κ1) is 24.6. The molecular weight excluding hydrogens is 460 g/mol. The highest BCUT2D eigenvalue weighted by atomic mass is 35.5. The number of halogens is 1. The van der Waals surface area contributed by atoms with Crippen LogP contribution in [0.4, 0.5) is 5.69 Å². The fraction of sp³-hybridized carbons (Fsp3) is 0.240. The highest BCUT2D eigenvalue weighted by molar-refractivity contribution is 7.92. The summed E-state index contributed by atoms with van der Waals surface area (Å²) in [6.45, 7) is 7.89. The molecule has 174 valence electrons. The van der Waals surface area contributed by atoms with Crippen molar-refractivity contribution in [1.82, 2.24) is 5.32 Å². The number of benzene rings is 3. The number of aryl methyl sites for hydroxylation is 3. The zero-order valence-electron chi connectivity index (χ0n) is 19.0. The lowest BCUT2D eigenvalue weighted by atomic mass is 9.96. The summed E-state index contributed by atoms with van der Waals surface area (Å²) in [5.41, 5.74) is 4.98. The Hall–Kier alpha value is -3.03. The molecule has 0 aliphatic rings. The van der Waals surface area contributed by atoms with Gasteiger partial charge in [0, 0.05) is 10.7 Å². The van der Waals surface area contributed by atoms with Crippen molar-refractivity contribution in [2.24, 2.45) is 0 Å². The quantitative estimate of drug-likeness (QED) is 0.451. The van der Waals surface area contributed by atoms with Crippen molar-refractivity contribution < 1.29 is 17.9 Å². The topological polar surface area (TPSA) is 84.5 Å². The van der Waals surface area contributed by atoms with Crippen molar-refractivity contribution in [1.29, 1.82) is 0 Å². The van der Waals surface area contributed by atoms with E-state index in [1.54, 1.807) is 24.3 Å². The van der Waals surface area contributed by atoms with Crippen LogP contribution in [0.1, 0.15) is 35.2 Å². The third kappa shape index (κ3) is 6.49. The van der Waals surface area contributed by atoms with Gasteiger partial charge in [0.1, 0.15) is 5.75 Å². The van der Waals surface area contributed by atoms with Gasteiger partial charge in [-0.1, -0.05) is 23.7 Å². The van der Waals surface area contributed by atoms with Crippen molar-refractivity contribution in [3.8, 4) is 5.75 Å². The summed E-state index contributed by atoms with van der Waals surface area (Å²) in [4.78, 5) is 12.4. The summed E-state index contributed by atoms with van der Waals surface area (Å²) in [6, 6.07) is 16.3. The predicted octanol–water partition coefficient (Wildman–Crippen LogP) is 5.32. The molecule has 0 heterocycles. The molecule has 6 nitrogen and oxygen atoms in total. The zero-order valence-corrected chi connectivity index (χ0v) is 20.5. The van der Waals surface area contributed by atoms with Crippen molar-refractivity contribution in [2.75, 3.05) is 11.3 Å². The van der Waals surface area contributed by atoms with Crippen LogP contribution in [0.15, 0.2) is 65.6 Å². The van der Waals surface area contributed by atoms with Gasteiger partial charge in [0.05, 0.1) is 10.9 Å². The monoisotopic (exact) mass is 486 g/mol. The van der Waals surface area contributed by atoms with Crippen molar-refractivity contribution >= 4 is 33.2 Å². The SMILES string of the molecule is Cc1cc(C)c([C@@H](C)NC(=O)COc2ccc(S(=O)(=O)Nc3ccc(Cl)cc3)cc2)cc1C. The van der Waals surface area contributed by atoms with Gasteiger partial charge in [-0.3, -0.25) is 9.52 Å². The maximum Gasteiger partial charge on any atom is 0.261 e. The van der Waals surface area contributed by atoms with Gasteiger partial charge >= 0.3 is 0 Å². The average molecular weight is 487 g/mol. The predicted molar refractivity (Wildman–Crippen MR) is 131 cm³/mol. The summed E-state index contributed by atoms with van der Waals surface area (Å²) in [6.07, 6.45) is 0. The number of amides is 1. The van der Waals surface area contributed by atoms with Crippen molar-refractivity contribution in [3.05, 3.63) is 87.9 Å². The Bertz CT molecular complexity index is 1240. The number of sulfonamides is 1. The zero-order chi connectivity index (χ0) is 24.2. The van der Waals surface area contributed by atoms with E-state index in [0.717, 1.165) is 11.1 Å². The molecule has 8 heteroatoms. The minimum atomic E-state index is -3.76. The molecule has 0 saturated carbocycles. The second-order valence-corrected chi connectivity index (χ2v) is 10.1. The van der Waals surface area contributed by atoms with E-state index in [4.69, 9.17) is 16.3 Å². The maximum atomic E-state index is 12.5. The second kappa shape index (κ2) is 10.3. The van der Waals surface area contributed by atoms with Crippen LogP contribution in [-0.4, -0.2) is 20.9 Å². The fourth-order valence-corrected chi connectivity index (χ4v) is 4.59. The number of hydrogen-bond acceptors (Lipinski definition) is 4. The Labute approximate surface area is 200 Å². The number of rotatable bonds is 8. The van der Waals surface area contributed by atoms with E-state index in [9.17, 15) is 13.2 Å². The Kier molecular flexibility index (Phi) is 7.66. The Morgan fingerprint density at radius 3 is 2.18 bits per heavy atom. The van der Waals surface area contributed by atoms with E-state index < -0.39 is 10.0 Å². The number of hydrogen-bond donors (Lipinski definition) is 2. The molecule has 33 heavy (non-hydrogen) atoms. The Morgan fingerprint density at radius 2 is 1.55 bits per heavy atom. The van der Waals surface area contributed by atoms with Gasteiger partial charge in [-0.05, 0) is 98.5 Å². The molecule has 0 aromatic heterocycles. The number of anilines is 1. The van der Waals surface area contributed by atoms with Gasteiger partial charge in [0.25, 0.3) is 15.9 Å². The van der Waals surface area contributed by atoms with E-state index in [1.807, 2.05) is 20.8 Å². The standard InChI is InChI=1S/C25H27ClN2O4S/c1-16-13-18(3)24(14-17(16)2)19(4)27-25(29)15-32-22-9-11-23(12-10-22)33(30,31)28-21-7-5-20(26)6-8-21/h5-14,19,28H,15H2,1-4H3,(H,27,29)/t19-/m1/s1. The van der Waals surface area contributed by atoms with E-state index in [1.165, 1.54) is 35.4 Å². The smallest absolute Gasteiger partial charge is 0.261 e. The lowest BCUT2D eigenvalue weighted by Crippen LogP contribution is -2.31. The van der Waals surface area contributed by atoms with Crippen molar-refractivity contribution in [2.45, 2.75) is 38.6 Å². The van der Waals surface area contributed by atoms with E-state index >= 15 is 0 Å². The van der Waals surface area contributed by atoms with E-state index in [2.05, 4.69) is 29.1 Å². The van der Waals surface area contributed by atoms with Gasteiger partial charge in [-0.25, -0.2) is 8.42 Å². The molecule has 3 rings (SSSR count). The van der Waals surface area contributed by atoms with Crippen LogP contribution in [0.2, 0.25) is 5.02 Å². The largest absolute Gasteiger partial charge is 0.484 e. The van der Waals surface area contributed by atoms with Crippen LogP contribution in [0.5, 0.6) is 5.75 Å². The Morgan fingerprint density at radius 1 is 0.939 bits per heavy atom. The highest BCUT2D eigenvalue weighted by Gasteiger charge is 2.16. The fourth-order valence-electron chi connectivity index (χ4n) is 3.41. The first-order chi connectivity index (χ1) is 15.5. The van der Waals surface area contributed by atoms with Gasteiger partial charge in [-0.15, -0.1) is 0 Å². The van der Waals surface area contributed by atoms with Gasteiger partial charge in [0.15, 0.2) is 6.61 Å². The van der Waals surface area contributed by atoms with Gasteiger partial charge in [0.2, 0.25) is 0 Å². The summed E-state index contributed by atoms with van der Waals surface area (Å²) >= 11 is 5.83. The lowest BCUT2D eigenvalue weighted by Gasteiger charge is -2.18. The molecule has 1 amide bonds. The highest BCUT2D eigenvalue weighted by Crippen LogP contribution is 2.22. The number of carbonyl (C=O) groups is 1. The van der Waals surface area contributed by atoms with Gasteiger partial charge < -0.3 is 10.1 Å². The summed E-state index contributed by atoms with van der Waals surface area (Å²) in [5, 5.41) is 3.46. The molecule has 0 aliphatic carbocycles. The number of ether oxygens (including phenoxy) is 1. The van der Waals surface area contributed by atoms with Crippen LogP contribution in [-0.2, 0) is 14.8 Å². The van der Waals surface area contributed by atoms with Crippen LogP contribution in [0, 0.1) is 20.8 Å². The molecular formula is C25H27ClN2O4S. The summed E-state index contributed by atoms with van der Waals surface area (Å²) in [5.74, 6) is 0.131. The van der Waals surface area contributed by atoms with Gasteiger partial charge in [-0.2, -0.15) is 0 Å². The summed E-state index contributed by atoms with van der Waals surface area (Å²) < 4.78 is 33.1. The molecule has 0 radical (unpaired) electrons. The molecule has 0 saturated heterocycles. The van der Waals surface area contributed by atoms with Crippen LogP contribution in [0.3, 0.4) is 0 Å². The molecule has 0 fully saturated rings. The van der Waals surface area contributed by atoms with Crippen molar-refractivity contribution in [3.63, 3.8) is 0 Å². The lowest BCUT2D eigenvalue weighted by molar-refractivity contribution is -0.123. The molecule has 0 spiro atoms. The third-order valence-corrected chi connectivity index (χ3v) is 6.98. The number of nitrogens with one attached hydrogen (secondary N) is 2. The van der Waals surface area contributed by atoms with Crippen LogP contribution < -0.4 is 14.8 Å². The average Bonchev–Trinajstić information content (AvgIpc) is 2.76. The first-order valence-electron chi connectivity index (χ1n) is 10.4. The second-order valence-electron chi connectivity index (χ2n) is 7.95. The van der Waals surface area contributed by atoms with E-state index in [-0.39, 0.29) is 23.5 Å². The maximum absolute atomic E-state index is 12.5. The minimum Gasteiger partial charge on any atom is -0.484 e. The molecule has 0 aliphatic heterocycles. The molecule has 1 atom stereocenters. The Balaban J connectivity index is 1.57. The normalized spacial score (nSPS) is 12.2. The third-order valence-electron chi connectivity index (χ3n) is 5.33. The minimum absolute atomic E-state index is 0.0769. The first-order valence-corrected chi connectivity index (χ1v) is 12.3. The van der Waals surface area contributed by atoms with E-state index in [0.29, 0.717) is 16.5 Å². The van der Waals surface area contributed by atoms with Crippen LogP contribution in [0.25, 0.3) is 0 Å². The molecule has 0 bridgehead atoms. The summed E-state index contributed by atoms with van der Waals surface area (Å²) in [7, 11) is -3.76. The van der Waals surface area contributed by atoms with Crippen LogP contribution >= 0.6 is 11.6 Å². The number of carbonyl (C=O) groups excluding carboxylic acids is 1. The molecule has 2 N–H and O–H groups in total. The molecule has 3 aromatic carbocycles. The molecule has 3 aromatic rings.